The number of rotatable bonds is 6. The van der Waals surface area contributed by atoms with Crippen LogP contribution in [0.25, 0.3) is 0 Å². The Morgan fingerprint density at radius 3 is 2.42 bits per heavy atom. The van der Waals surface area contributed by atoms with Crippen LogP contribution < -0.4 is 15.8 Å². The van der Waals surface area contributed by atoms with Crippen molar-refractivity contribution in [1.29, 1.82) is 0 Å². The molecule has 26 heavy (non-hydrogen) atoms. The molecule has 1 aliphatic carbocycles. The van der Waals surface area contributed by atoms with E-state index in [0.717, 1.165) is 30.6 Å². The first-order chi connectivity index (χ1) is 12.3. The van der Waals surface area contributed by atoms with Gasteiger partial charge in [0, 0.05) is 11.6 Å². The molecule has 2 aromatic carbocycles. The SMILES string of the molecule is Cl.NCC1CCCCC1NC(=O)c1ccc(COc2ccccc2)cc1. The maximum absolute atomic E-state index is 12.5. The molecule has 0 aromatic heterocycles. The summed E-state index contributed by atoms with van der Waals surface area (Å²) < 4.78 is 5.73. The van der Waals surface area contributed by atoms with Gasteiger partial charge in [-0.1, -0.05) is 43.2 Å². The van der Waals surface area contributed by atoms with E-state index >= 15 is 0 Å². The molecule has 0 heterocycles. The first kappa shape index (κ1) is 20.3. The van der Waals surface area contributed by atoms with E-state index in [-0.39, 0.29) is 24.4 Å². The first-order valence-corrected chi connectivity index (χ1v) is 9.04. The van der Waals surface area contributed by atoms with Crippen molar-refractivity contribution in [3.8, 4) is 5.75 Å². The third-order valence-electron chi connectivity index (χ3n) is 4.89. The molecular formula is C21H27ClN2O2. The molecule has 0 radical (unpaired) electrons. The highest BCUT2D eigenvalue weighted by atomic mass is 35.5. The Hall–Kier alpha value is -2.04. The molecule has 4 nitrogen and oxygen atoms in total. The standard InChI is InChI=1S/C21H26N2O2.ClH/c22-14-18-6-4-5-9-20(18)23-21(24)17-12-10-16(11-13-17)15-25-19-7-2-1-3-8-19;/h1-3,7-8,10-13,18,20H,4-6,9,14-15,22H2,(H,23,24);1H. The van der Waals surface area contributed by atoms with Crippen LogP contribution in [0.4, 0.5) is 0 Å². The molecule has 0 saturated heterocycles. The van der Waals surface area contributed by atoms with E-state index in [1.165, 1.54) is 6.42 Å². The van der Waals surface area contributed by atoms with Crippen LogP contribution in [0, 0.1) is 5.92 Å². The molecule has 140 valence electrons. The highest BCUT2D eigenvalue weighted by Crippen LogP contribution is 2.24. The van der Waals surface area contributed by atoms with Crippen LogP contribution in [-0.2, 0) is 6.61 Å². The number of ether oxygens (including phenoxy) is 1. The predicted octanol–water partition coefficient (Wildman–Crippen LogP) is 3.93. The summed E-state index contributed by atoms with van der Waals surface area (Å²) in [6.45, 7) is 1.13. The molecule has 0 aliphatic heterocycles. The lowest BCUT2D eigenvalue weighted by Crippen LogP contribution is -2.44. The van der Waals surface area contributed by atoms with Crippen LogP contribution in [0.2, 0.25) is 0 Å². The Bertz CT molecular complexity index is 676. The van der Waals surface area contributed by atoms with Crippen LogP contribution in [0.15, 0.2) is 54.6 Å². The largest absolute Gasteiger partial charge is 0.489 e. The highest BCUT2D eigenvalue weighted by Gasteiger charge is 2.25. The molecule has 0 bridgehead atoms. The summed E-state index contributed by atoms with van der Waals surface area (Å²) in [5, 5.41) is 3.16. The van der Waals surface area contributed by atoms with E-state index in [2.05, 4.69) is 5.32 Å². The monoisotopic (exact) mass is 374 g/mol. The minimum Gasteiger partial charge on any atom is -0.489 e. The Kier molecular flexibility index (Phi) is 7.95. The Labute approximate surface area is 161 Å². The van der Waals surface area contributed by atoms with Gasteiger partial charge in [-0.2, -0.15) is 0 Å². The van der Waals surface area contributed by atoms with Crippen molar-refractivity contribution in [2.75, 3.05) is 6.54 Å². The Morgan fingerprint density at radius 2 is 1.73 bits per heavy atom. The van der Waals surface area contributed by atoms with Gasteiger partial charge in [-0.25, -0.2) is 0 Å². The van der Waals surface area contributed by atoms with E-state index < -0.39 is 0 Å². The molecule has 5 heteroatoms. The normalized spacial score (nSPS) is 19.3. The quantitative estimate of drug-likeness (QED) is 0.805. The number of amides is 1. The topological polar surface area (TPSA) is 64.3 Å². The second-order valence-corrected chi connectivity index (χ2v) is 6.66. The number of hydrogen-bond acceptors (Lipinski definition) is 3. The van der Waals surface area contributed by atoms with E-state index in [1.54, 1.807) is 0 Å². The molecule has 2 unspecified atom stereocenters. The number of carbonyl (C=O) groups is 1. The van der Waals surface area contributed by atoms with Gasteiger partial charge >= 0.3 is 0 Å². The maximum atomic E-state index is 12.5. The van der Waals surface area contributed by atoms with Crippen LogP contribution >= 0.6 is 12.4 Å². The summed E-state index contributed by atoms with van der Waals surface area (Å²) in [5.41, 5.74) is 7.57. The molecule has 2 aromatic rings. The molecule has 0 spiro atoms. The summed E-state index contributed by atoms with van der Waals surface area (Å²) in [6.07, 6.45) is 4.51. The van der Waals surface area contributed by atoms with Gasteiger partial charge in [-0.15, -0.1) is 12.4 Å². The molecule has 1 amide bonds. The minimum atomic E-state index is -0.0131. The van der Waals surface area contributed by atoms with Crippen molar-refractivity contribution >= 4 is 18.3 Å². The smallest absolute Gasteiger partial charge is 0.251 e. The van der Waals surface area contributed by atoms with Gasteiger partial charge in [0.2, 0.25) is 0 Å². The van der Waals surface area contributed by atoms with Crippen LogP contribution in [0.3, 0.4) is 0 Å². The van der Waals surface area contributed by atoms with E-state index in [0.29, 0.717) is 24.6 Å². The number of halogens is 1. The van der Waals surface area contributed by atoms with E-state index in [1.807, 2.05) is 54.6 Å². The fourth-order valence-electron chi connectivity index (χ4n) is 3.37. The summed E-state index contributed by atoms with van der Waals surface area (Å²) in [4.78, 5) is 12.5. The first-order valence-electron chi connectivity index (χ1n) is 9.04. The lowest BCUT2D eigenvalue weighted by molar-refractivity contribution is 0.0908. The molecule has 1 saturated carbocycles. The van der Waals surface area contributed by atoms with Gasteiger partial charge in [0.15, 0.2) is 0 Å². The summed E-state index contributed by atoms with van der Waals surface area (Å²) in [5.74, 6) is 1.23. The van der Waals surface area contributed by atoms with Crippen LogP contribution in [0.1, 0.15) is 41.6 Å². The number of benzene rings is 2. The molecular weight excluding hydrogens is 348 g/mol. The van der Waals surface area contributed by atoms with Gasteiger partial charge in [-0.3, -0.25) is 4.79 Å². The molecule has 1 fully saturated rings. The average Bonchev–Trinajstić information content (AvgIpc) is 2.68. The molecule has 1 aliphatic rings. The summed E-state index contributed by atoms with van der Waals surface area (Å²) in [6, 6.07) is 17.5. The molecule has 3 rings (SSSR count). The number of para-hydroxylation sites is 1. The van der Waals surface area contributed by atoms with Crippen molar-refractivity contribution in [3.05, 3.63) is 65.7 Å². The van der Waals surface area contributed by atoms with Crippen LogP contribution in [0.5, 0.6) is 5.75 Å². The average molecular weight is 375 g/mol. The second kappa shape index (κ2) is 10.2. The second-order valence-electron chi connectivity index (χ2n) is 6.66. The zero-order chi connectivity index (χ0) is 17.5. The van der Waals surface area contributed by atoms with Crippen molar-refractivity contribution in [3.63, 3.8) is 0 Å². The third-order valence-corrected chi connectivity index (χ3v) is 4.89. The fraction of sp³-hybridized carbons (Fsp3) is 0.381. The molecule has 2 atom stereocenters. The van der Waals surface area contributed by atoms with Crippen molar-refractivity contribution in [2.24, 2.45) is 11.7 Å². The number of carbonyl (C=O) groups excluding carboxylic acids is 1. The number of nitrogens with two attached hydrogens (primary N) is 1. The minimum absolute atomic E-state index is 0. The van der Waals surface area contributed by atoms with Crippen LogP contribution in [-0.4, -0.2) is 18.5 Å². The summed E-state index contributed by atoms with van der Waals surface area (Å²) >= 11 is 0. The maximum Gasteiger partial charge on any atom is 0.251 e. The van der Waals surface area contributed by atoms with E-state index in [4.69, 9.17) is 10.5 Å². The zero-order valence-electron chi connectivity index (χ0n) is 14.9. The lowest BCUT2D eigenvalue weighted by atomic mass is 9.84. The molecule has 3 N–H and O–H groups in total. The third kappa shape index (κ3) is 5.48. The highest BCUT2D eigenvalue weighted by molar-refractivity contribution is 5.94. The Morgan fingerprint density at radius 1 is 1.04 bits per heavy atom. The van der Waals surface area contributed by atoms with Crippen molar-refractivity contribution in [2.45, 2.75) is 38.3 Å². The van der Waals surface area contributed by atoms with Gasteiger partial charge in [0.25, 0.3) is 5.91 Å². The van der Waals surface area contributed by atoms with Gasteiger partial charge in [0.05, 0.1) is 0 Å². The Balaban J connectivity index is 0.00000243. The predicted molar refractivity (Wildman–Crippen MR) is 107 cm³/mol. The van der Waals surface area contributed by atoms with E-state index in [9.17, 15) is 4.79 Å². The lowest BCUT2D eigenvalue weighted by Gasteiger charge is -2.31. The fourth-order valence-corrected chi connectivity index (χ4v) is 3.37. The van der Waals surface area contributed by atoms with Crippen molar-refractivity contribution < 1.29 is 9.53 Å². The zero-order valence-corrected chi connectivity index (χ0v) is 15.7. The van der Waals surface area contributed by atoms with Gasteiger partial charge < -0.3 is 15.8 Å². The summed E-state index contributed by atoms with van der Waals surface area (Å²) in [7, 11) is 0. The number of hydrogen-bond donors (Lipinski definition) is 2. The van der Waals surface area contributed by atoms with Crippen molar-refractivity contribution in [1.82, 2.24) is 5.32 Å². The van der Waals surface area contributed by atoms with Gasteiger partial charge in [-0.05, 0) is 55.1 Å². The van der Waals surface area contributed by atoms with Gasteiger partial charge in [0.1, 0.15) is 12.4 Å². The number of nitrogens with one attached hydrogen (secondary N) is 1.